The lowest BCUT2D eigenvalue weighted by Crippen LogP contribution is -2.12. The fourth-order valence-corrected chi connectivity index (χ4v) is 2.49. The number of aromatic nitrogens is 3. The van der Waals surface area contributed by atoms with Gasteiger partial charge in [0.2, 0.25) is 0 Å². The fraction of sp³-hybridized carbons (Fsp3) is 0. The molecule has 0 aliphatic carbocycles. The van der Waals surface area contributed by atoms with Crippen molar-refractivity contribution in [2.24, 2.45) is 0 Å². The van der Waals surface area contributed by atoms with E-state index in [9.17, 15) is 14.0 Å². The largest absolute Gasteiger partial charge is 0.356 e. The molecule has 2 heterocycles. The number of halogens is 3. The van der Waals surface area contributed by atoms with Crippen molar-refractivity contribution >= 4 is 40.6 Å². The van der Waals surface area contributed by atoms with Gasteiger partial charge >= 0.3 is 0 Å². The summed E-state index contributed by atoms with van der Waals surface area (Å²) >= 11 is 11.6. The summed E-state index contributed by atoms with van der Waals surface area (Å²) in [5, 5.41) is 2.27. The summed E-state index contributed by atoms with van der Waals surface area (Å²) < 4.78 is 14.1. The lowest BCUT2D eigenvalue weighted by Gasteiger charge is -2.05. The van der Waals surface area contributed by atoms with Gasteiger partial charge in [-0.2, -0.15) is 0 Å². The van der Waals surface area contributed by atoms with Gasteiger partial charge in [-0.25, -0.2) is 14.4 Å². The first-order valence-electron chi connectivity index (χ1n) is 6.90. The van der Waals surface area contributed by atoms with E-state index in [4.69, 9.17) is 23.2 Å². The molecule has 1 amide bonds. The van der Waals surface area contributed by atoms with Gasteiger partial charge in [-0.15, -0.1) is 0 Å². The van der Waals surface area contributed by atoms with Gasteiger partial charge in [-0.3, -0.25) is 9.59 Å². The number of hydrogen-bond donors (Lipinski definition) is 2. The molecule has 0 atom stereocenters. The molecule has 2 N–H and O–H groups in total. The standard InChI is InChI=1S/C16H9Cl2FN4O2/c17-10-1-2-11(18)14(19)13(10)15(24)8-3-12(22-4-8)16(25)23-9-5-20-7-21-6-9/h1-7,22H,(H,23,25). The summed E-state index contributed by atoms with van der Waals surface area (Å²) in [5.74, 6) is -2.11. The van der Waals surface area contributed by atoms with E-state index in [1.807, 2.05) is 0 Å². The van der Waals surface area contributed by atoms with E-state index in [0.717, 1.165) is 0 Å². The number of amides is 1. The molecule has 25 heavy (non-hydrogen) atoms. The number of aromatic amines is 1. The van der Waals surface area contributed by atoms with Gasteiger partial charge in [-0.1, -0.05) is 23.2 Å². The van der Waals surface area contributed by atoms with Crippen LogP contribution in [0.3, 0.4) is 0 Å². The van der Waals surface area contributed by atoms with Gasteiger partial charge < -0.3 is 10.3 Å². The Bertz CT molecular complexity index is 960. The van der Waals surface area contributed by atoms with Crippen molar-refractivity contribution < 1.29 is 14.0 Å². The van der Waals surface area contributed by atoms with E-state index in [-0.39, 0.29) is 26.9 Å². The normalized spacial score (nSPS) is 10.5. The maximum Gasteiger partial charge on any atom is 0.272 e. The summed E-state index contributed by atoms with van der Waals surface area (Å²) in [7, 11) is 0. The first-order chi connectivity index (χ1) is 12.0. The predicted octanol–water partition coefficient (Wildman–Crippen LogP) is 3.73. The summed E-state index contributed by atoms with van der Waals surface area (Å²) in [6.07, 6.45) is 5.45. The highest BCUT2D eigenvalue weighted by molar-refractivity contribution is 6.37. The molecule has 0 bridgehead atoms. The van der Waals surface area contributed by atoms with Gasteiger partial charge in [0.1, 0.15) is 12.0 Å². The Morgan fingerprint density at radius 2 is 1.80 bits per heavy atom. The molecule has 9 heteroatoms. The lowest BCUT2D eigenvalue weighted by atomic mass is 10.0. The highest BCUT2D eigenvalue weighted by atomic mass is 35.5. The van der Waals surface area contributed by atoms with E-state index in [2.05, 4.69) is 20.3 Å². The van der Waals surface area contributed by atoms with Crippen LogP contribution in [0.5, 0.6) is 0 Å². The van der Waals surface area contributed by atoms with Crippen LogP contribution in [-0.4, -0.2) is 26.6 Å². The van der Waals surface area contributed by atoms with E-state index < -0.39 is 17.5 Å². The van der Waals surface area contributed by atoms with Crippen LogP contribution in [0.25, 0.3) is 0 Å². The van der Waals surface area contributed by atoms with Crippen LogP contribution < -0.4 is 5.32 Å². The van der Waals surface area contributed by atoms with Crippen molar-refractivity contribution in [3.8, 4) is 0 Å². The van der Waals surface area contributed by atoms with Gasteiger partial charge in [0.25, 0.3) is 5.91 Å². The van der Waals surface area contributed by atoms with Gasteiger partial charge in [0.05, 0.1) is 33.7 Å². The number of nitrogens with zero attached hydrogens (tertiary/aromatic N) is 2. The molecule has 6 nitrogen and oxygen atoms in total. The first kappa shape index (κ1) is 17.1. The van der Waals surface area contributed by atoms with Gasteiger partial charge in [-0.05, 0) is 18.2 Å². The Labute approximate surface area is 151 Å². The Balaban J connectivity index is 1.85. The molecule has 2 aromatic heterocycles. The zero-order valence-corrected chi connectivity index (χ0v) is 13.9. The quantitative estimate of drug-likeness (QED) is 0.534. The molecule has 0 saturated heterocycles. The van der Waals surface area contributed by atoms with Crippen molar-refractivity contribution in [1.29, 1.82) is 0 Å². The first-order valence-corrected chi connectivity index (χ1v) is 7.66. The summed E-state index contributed by atoms with van der Waals surface area (Å²) in [6.45, 7) is 0. The van der Waals surface area contributed by atoms with E-state index in [1.54, 1.807) is 0 Å². The average Bonchev–Trinajstić information content (AvgIpc) is 3.09. The number of benzene rings is 1. The predicted molar refractivity (Wildman–Crippen MR) is 90.6 cm³/mol. The van der Waals surface area contributed by atoms with Crippen molar-refractivity contribution in [3.05, 3.63) is 75.8 Å². The molecular weight excluding hydrogens is 370 g/mol. The Hall–Kier alpha value is -2.77. The second-order valence-electron chi connectivity index (χ2n) is 4.93. The van der Waals surface area contributed by atoms with E-state index in [0.29, 0.717) is 5.69 Å². The van der Waals surface area contributed by atoms with Crippen molar-refractivity contribution in [1.82, 2.24) is 15.0 Å². The molecule has 0 aliphatic heterocycles. The maximum absolute atomic E-state index is 14.1. The number of hydrogen-bond acceptors (Lipinski definition) is 4. The monoisotopic (exact) mass is 378 g/mol. The molecular formula is C16H9Cl2FN4O2. The third-order valence-electron chi connectivity index (χ3n) is 3.28. The van der Waals surface area contributed by atoms with Crippen LogP contribution in [0.2, 0.25) is 10.0 Å². The second-order valence-corrected chi connectivity index (χ2v) is 5.75. The zero-order chi connectivity index (χ0) is 18.0. The van der Waals surface area contributed by atoms with Crippen LogP contribution in [-0.2, 0) is 0 Å². The molecule has 0 unspecified atom stereocenters. The van der Waals surface area contributed by atoms with Crippen LogP contribution in [0.15, 0.2) is 43.1 Å². The number of nitrogens with one attached hydrogen (secondary N) is 2. The number of carbonyl (C=O) groups excluding carboxylic acids is 2. The highest BCUT2D eigenvalue weighted by Gasteiger charge is 2.22. The lowest BCUT2D eigenvalue weighted by molar-refractivity contribution is 0.102. The maximum atomic E-state index is 14.1. The Morgan fingerprint density at radius 3 is 2.52 bits per heavy atom. The number of H-pyrrole nitrogens is 1. The number of ketones is 1. The third kappa shape index (κ3) is 3.52. The number of anilines is 1. The summed E-state index contributed by atoms with van der Waals surface area (Å²) in [5.41, 5.74) is 0.207. The molecule has 0 aliphatic rings. The smallest absolute Gasteiger partial charge is 0.272 e. The van der Waals surface area contributed by atoms with Crippen LogP contribution >= 0.6 is 23.2 Å². The highest BCUT2D eigenvalue weighted by Crippen LogP contribution is 2.28. The van der Waals surface area contributed by atoms with Crippen molar-refractivity contribution in [2.75, 3.05) is 5.32 Å². The average molecular weight is 379 g/mol. The molecule has 0 radical (unpaired) electrons. The molecule has 126 valence electrons. The number of carbonyl (C=O) groups is 2. The Kier molecular flexibility index (Phi) is 4.78. The van der Waals surface area contributed by atoms with Crippen molar-refractivity contribution in [3.63, 3.8) is 0 Å². The SMILES string of the molecule is O=C(Nc1cncnc1)c1cc(C(=O)c2c(Cl)ccc(Cl)c2F)c[nH]1. The second kappa shape index (κ2) is 7.00. The molecule has 3 aromatic rings. The molecule has 0 fully saturated rings. The van der Waals surface area contributed by atoms with E-state index >= 15 is 0 Å². The minimum atomic E-state index is -0.909. The van der Waals surface area contributed by atoms with Crippen LogP contribution in [0.4, 0.5) is 10.1 Å². The third-order valence-corrected chi connectivity index (χ3v) is 3.89. The van der Waals surface area contributed by atoms with Crippen LogP contribution in [0, 0.1) is 5.82 Å². The molecule has 3 rings (SSSR count). The summed E-state index contributed by atoms with van der Waals surface area (Å²) in [4.78, 5) is 34.8. The zero-order valence-electron chi connectivity index (χ0n) is 12.4. The number of rotatable bonds is 4. The molecule has 0 saturated carbocycles. The van der Waals surface area contributed by atoms with Crippen LogP contribution in [0.1, 0.15) is 26.4 Å². The topological polar surface area (TPSA) is 87.7 Å². The summed E-state index contributed by atoms with van der Waals surface area (Å²) in [6, 6.07) is 3.88. The molecule has 1 aromatic carbocycles. The van der Waals surface area contributed by atoms with Gasteiger partial charge in [0.15, 0.2) is 11.6 Å². The molecule has 0 spiro atoms. The fourth-order valence-electron chi connectivity index (χ4n) is 2.10. The minimum absolute atomic E-state index is 0.0672. The van der Waals surface area contributed by atoms with E-state index in [1.165, 1.54) is 43.1 Å². The minimum Gasteiger partial charge on any atom is -0.356 e. The van der Waals surface area contributed by atoms with Crippen molar-refractivity contribution in [2.45, 2.75) is 0 Å². The Morgan fingerprint density at radius 1 is 1.12 bits per heavy atom. The van der Waals surface area contributed by atoms with Gasteiger partial charge in [0, 0.05) is 11.8 Å².